The number of aromatic hydroxyl groups is 1. The number of ether oxygens (including phenoxy) is 1. The van der Waals surface area contributed by atoms with Gasteiger partial charge < -0.3 is 20.7 Å². The van der Waals surface area contributed by atoms with Crippen LogP contribution in [-0.4, -0.2) is 23.3 Å². The van der Waals surface area contributed by atoms with E-state index < -0.39 is 12.0 Å². The lowest BCUT2D eigenvalue weighted by atomic mass is 9.99. The summed E-state index contributed by atoms with van der Waals surface area (Å²) < 4.78 is 5.10. The van der Waals surface area contributed by atoms with Crippen molar-refractivity contribution in [3.63, 3.8) is 0 Å². The molecule has 0 bridgehead atoms. The van der Waals surface area contributed by atoms with Gasteiger partial charge in [-0.15, -0.1) is 0 Å². The Labute approximate surface area is 93.5 Å². The first-order valence-electron chi connectivity index (χ1n) is 4.75. The largest absolute Gasteiger partial charge is 0.507 e. The van der Waals surface area contributed by atoms with E-state index in [0.29, 0.717) is 11.3 Å². The molecule has 0 saturated heterocycles. The van der Waals surface area contributed by atoms with Crippen LogP contribution in [0.15, 0.2) is 6.07 Å². The summed E-state index contributed by atoms with van der Waals surface area (Å²) in [4.78, 5) is 10.8. The fourth-order valence-corrected chi connectivity index (χ4v) is 1.67. The number of aliphatic carboxylic acids is 1. The Morgan fingerprint density at radius 3 is 2.50 bits per heavy atom. The number of rotatable bonds is 3. The predicted octanol–water partition coefficient (Wildman–Crippen LogP) is 1.10. The Morgan fingerprint density at radius 1 is 1.50 bits per heavy atom. The lowest BCUT2D eigenvalue weighted by Crippen LogP contribution is -2.21. The van der Waals surface area contributed by atoms with Gasteiger partial charge in [-0.2, -0.15) is 0 Å². The molecule has 5 nitrogen and oxygen atoms in total. The second-order valence-corrected chi connectivity index (χ2v) is 3.61. The molecular weight excluding hydrogens is 210 g/mol. The van der Waals surface area contributed by atoms with Crippen LogP contribution >= 0.6 is 0 Å². The molecule has 4 N–H and O–H groups in total. The number of carbonyl (C=O) groups is 1. The van der Waals surface area contributed by atoms with Gasteiger partial charge in [0.1, 0.15) is 17.5 Å². The Balaban J connectivity index is 3.39. The monoisotopic (exact) mass is 225 g/mol. The molecule has 0 aliphatic rings. The van der Waals surface area contributed by atoms with Crippen molar-refractivity contribution in [1.29, 1.82) is 0 Å². The highest BCUT2D eigenvalue weighted by atomic mass is 16.5. The number of phenolic OH excluding ortho intramolecular Hbond substituents is 1. The van der Waals surface area contributed by atoms with E-state index in [1.807, 2.05) is 0 Å². The van der Waals surface area contributed by atoms with Gasteiger partial charge in [0, 0.05) is 11.1 Å². The van der Waals surface area contributed by atoms with Gasteiger partial charge in [0.25, 0.3) is 0 Å². The summed E-state index contributed by atoms with van der Waals surface area (Å²) in [6.45, 7) is 3.42. The number of carboxylic acid groups (broad SMARTS) is 1. The van der Waals surface area contributed by atoms with Gasteiger partial charge in [-0.3, -0.25) is 4.79 Å². The molecule has 0 fully saturated rings. The third kappa shape index (κ3) is 1.94. The van der Waals surface area contributed by atoms with Crippen molar-refractivity contribution in [3.05, 3.63) is 22.8 Å². The number of nitrogens with two attached hydrogens (primary N) is 1. The van der Waals surface area contributed by atoms with Crippen molar-refractivity contribution in [2.24, 2.45) is 5.73 Å². The topological polar surface area (TPSA) is 92.8 Å². The summed E-state index contributed by atoms with van der Waals surface area (Å²) in [5, 5.41) is 18.6. The smallest absolute Gasteiger partial charge is 0.325 e. The van der Waals surface area contributed by atoms with Crippen LogP contribution in [0.2, 0.25) is 0 Å². The van der Waals surface area contributed by atoms with Crippen molar-refractivity contribution >= 4 is 5.97 Å². The van der Waals surface area contributed by atoms with Gasteiger partial charge in [-0.05, 0) is 25.5 Å². The summed E-state index contributed by atoms with van der Waals surface area (Å²) in [6.07, 6.45) is 0. The Kier molecular flexibility index (Phi) is 3.39. The molecule has 0 radical (unpaired) electrons. The second kappa shape index (κ2) is 4.40. The van der Waals surface area contributed by atoms with Crippen LogP contribution in [0.4, 0.5) is 0 Å². The molecule has 0 aliphatic heterocycles. The summed E-state index contributed by atoms with van der Waals surface area (Å²) >= 11 is 0. The second-order valence-electron chi connectivity index (χ2n) is 3.61. The molecule has 1 atom stereocenters. The Hall–Kier alpha value is -1.75. The quantitative estimate of drug-likeness (QED) is 0.716. The molecule has 1 rings (SSSR count). The Bertz CT molecular complexity index is 428. The third-order valence-corrected chi connectivity index (χ3v) is 2.50. The fraction of sp³-hybridized carbons (Fsp3) is 0.364. The molecule has 0 saturated carbocycles. The maximum absolute atomic E-state index is 10.8. The SMILES string of the molecule is COc1c(C)cc(C(N)C(=O)O)c(O)c1C. The fourth-order valence-electron chi connectivity index (χ4n) is 1.67. The van der Waals surface area contributed by atoms with Gasteiger partial charge in [0.15, 0.2) is 0 Å². The number of hydrogen-bond acceptors (Lipinski definition) is 4. The van der Waals surface area contributed by atoms with Gasteiger partial charge >= 0.3 is 5.97 Å². The van der Waals surface area contributed by atoms with E-state index in [-0.39, 0.29) is 11.3 Å². The number of benzene rings is 1. The van der Waals surface area contributed by atoms with Crippen LogP contribution in [0.1, 0.15) is 22.7 Å². The van der Waals surface area contributed by atoms with E-state index in [2.05, 4.69) is 0 Å². The highest BCUT2D eigenvalue weighted by Gasteiger charge is 2.22. The minimum Gasteiger partial charge on any atom is -0.507 e. The molecule has 0 spiro atoms. The average molecular weight is 225 g/mol. The number of phenols is 1. The summed E-state index contributed by atoms with van der Waals surface area (Å²) in [7, 11) is 1.49. The van der Waals surface area contributed by atoms with E-state index in [0.717, 1.165) is 5.56 Å². The zero-order valence-electron chi connectivity index (χ0n) is 9.44. The lowest BCUT2D eigenvalue weighted by molar-refractivity contribution is -0.138. The van der Waals surface area contributed by atoms with Gasteiger partial charge in [-0.1, -0.05) is 0 Å². The first-order valence-corrected chi connectivity index (χ1v) is 4.75. The van der Waals surface area contributed by atoms with Gasteiger partial charge in [0.05, 0.1) is 7.11 Å². The summed E-state index contributed by atoms with van der Waals surface area (Å²) in [6, 6.07) is 0.295. The molecule has 5 heteroatoms. The van der Waals surface area contributed by atoms with Gasteiger partial charge in [-0.25, -0.2) is 0 Å². The molecule has 0 amide bonds. The van der Waals surface area contributed by atoms with Gasteiger partial charge in [0.2, 0.25) is 0 Å². The van der Waals surface area contributed by atoms with Crippen molar-refractivity contribution in [2.75, 3.05) is 7.11 Å². The van der Waals surface area contributed by atoms with Crippen LogP contribution in [0, 0.1) is 13.8 Å². The molecule has 0 aromatic heterocycles. The number of methoxy groups -OCH3 is 1. The standard InChI is InChI=1S/C11H15NO4/c1-5-4-7(8(12)11(14)15)9(13)6(2)10(5)16-3/h4,8,13H,12H2,1-3H3,(H,14,15). The van der Waals surface area contributed by atoms with Crippen LogP contribution in [-0.2, 0) is 4.79 Å². The van der Waals surface area contributed by atoms with Crippen LogP contribution < -0.4 is 10.5 Å². The van der Waals surface area contributed by atoms with Crippen LogP contribution in [0.25, 0.3) is 0 Å². The van der Waals surface area contributed by atoms with E-state index >= 15 is 0 Å². The van der Waals surface area contributed by atoms with E-state index in [4.69, 9.17) is 15.6 Å². The zero-order valence-corrected chi connectivity index (χ0v) is 9.44. The van der Waals surface area contributed by atoms with Crippen molar-refractivity contribution < 1.29 is 19.7 Å². The molecule has 88 valence electrons. The third-order valence-electron chi connectivity index (χ3n) is 2.50. The Morgan fingerprint density at radius 2 is 2.06 bits per heavy atom. The summed E-state index contributed by atoms with van der Waals surface area (Å²) in [5.41, 5.74) is 6.90. The van der Waals surface area contributed by atoms with E-state index in [9.17, 15) is 9.90 Å². The molecule has 1 unspecified atom stereocenters. The highest BCUT2D eigenvalue weighted by molar-refractivity contribution is 5.77. The summed E-state index contributed by atoms with van der Waals surface area (Å²) in [5.74, 6) is -0.768. The molecule has 1 aromatic rings. The number of carboxylic acids is 1. The number of aryl methyl sites for hydroxylation is 1. The highest BCUT2D eigenvalue weighted by Crippen LogP contribution is 2.36. The van der Waals surface area contributed by atoms with Crippen molar-refractivity contribution in [1.82, 2.24) is 0 Å². The normalized spacial score (nSPS) is 12.2. The number of hydrogen-bond donors (Lipinski definition) is 3. The molecule has 0 aliphatic carbocycles. The van der Waals surface area contributed by atoms with Crippen molar-refractivity contribution in [2.45, 2.75) is 19.9 Å². The molecule has 1 aromatic carbocycles. The van der Waals surface area contributed by atoms with E-state index in [1.165, 1.54) is 13.2 Å². The first kappa shape index (κ1) is 12.3. The average Bonchev–Trinajstić information content (AvgIpc) is 2.23. The van der Waals surface area contributed by atoms with Crippen LogP contribution in [0.3, 0.4) is 0 Å². The minimum absolute atomic E-state index is 0.127. The van der Waals surface area contributed by atoms with E-state index in [1.54, 1.807) is 13.8 Å². The first-order chi connectivity index (χ1) is 7.40. The van der Waals surface area contributed by atoms with Crippen LogP contribution in [0.5, 0.6) is 11.5 Å². The van der Waals surface area contributed by atoms with Crippen molar-refractivity contribution in [3.8, 4) is 11.5 Å². The molecule has 0 heterocycles. The lowest BCUT2D eigenvalue weighted by Gasteiger charge is -2.16. The maximum Gasteiger partial charge on any atom is 0.325 e. The molecular formula is C11H15NO4. The molecule has 16 heavy (non-hydrogen) atoms. The minimum atomic E-state index is -1.23. The predicted molar refractivity (Wildman–Crippen MR) is 58.7 cm³/mol. The maximum atomic E-state index is 10.8. The zero-order chi connectivity index (χ0) is 12.5.